The molecule has 0 aliphatic heterocycles. The van der Waals surface area contributed by atoms with Gasteiger partial charge < -0.3 is 0 Å². The van der Waals surface area contributed by atoms with Gasteiger partial charge in [-0.15, -0.1) is 0 Å². The smallest absolute Gasteiger partial charge is 0.268 e. The Morgan fingerprint density at radius 1 is 1.00 bits per heavy atom. The van der Waals surface area contributed by atoms with E-state index in [-0.39, 0.29) is 6.42 Å². The summed E-state index contributed by atoms with van der Waals surface area (Å²) in [6, 6.07) is 0. The third-order valence-corrected chi connectivity index (χ3v) is 4.48. The minimum atomic E-state index is -4.42. The fourth-order valence-corrected chi connectivity index (χ4v) is 3.66. The van der Waals surface area contributed by atoms with Gasteiger partial charge in [0, 0.05) is 0 Å². The SMILES string of the molecule is CCCCCCC(CS(=O)(=O)O)S(=O)(=O)O. The maximum atomic E-state index is 10.9. The molecule has 0 saturated heterocycles. The van der Waals surface area contributed by atoms with Crippen LogP contribution in [0.2, 0.25) is 0 Å². The van der Waals surface area contributed by atoms with E-state index in [0.29, 0.717) is 6.42 Å². The van der Waals surface area contributed by atoms with Crippen molar-refractivity contribution in [1.82, 2.24) is 0 Å². The summed E-state index contributed by atoms with van der Waals surface area (Å²) in [4.78, 5) is 0. The van der Waals surface area contributed by atoms with E-state index in [9.17, 15) is 16.8 Å². The van der Waals surface area contributed by atoms with Gasteiger partial charge in [0.05, 0.1) is 5.75 Å². The molecule has 8 heteroatoms. The van der Waals surface area contributed by atoms with Crippen LogP contribution in [0.1, 0.15) is 39.0 Å². The van der Waals surface area contributed by atoms with E-state index in [1.54, 1.807) is 0 Å². The van der Waals surface area contributed by atoms with E-state index in [0.717, 1.165) is 19.3 Å². The first-order chi connectivity index (χ1) is 7.17. The molecule has 0 aliphatic carbocycles. The fourth-order valence-electron chi connectivity index (χ4n) is 1.35. The summed E-state index contributed by atoms with van der Waals surface area (Å²) in [7, 11) is -8.81. The second-order valence-corrected chi connectivity index (χ2v) is 6.93. The first-order valence-electron chi connectivity index (χ1n) is 5.08. The normalized spacial score (nSPS) is 14.9. The van der Waals surface area contributed by atoms with Crippen molar-refractivity contribution in [3.05, 3.63) is 0 Å². The van der Waals surface area contributed by atoms with Crippen molar-refractivity contribution in [2.24, 2.45) is 0 Å². The molecule has 0 spiro atoms. The van der Waals surface area contributed by atoms with E-state index in [2.05, 4.69) is 0 Å². The van der Waals surface area contributed by atoms with Crippen LogP contribution in [0.3, 0.4) is 0 Å². The van der Waals surface area contributed by atoms with E-state index in [1.165, 1.54) is 0 Å². The van der Waals surface area contributed by atoms with Crippen molar-refractivity contribution in [2.75, 3.05) is 5.75 Å². The second kappa shape index (κ2) is 6.53. The highest BCUT2D eigenvalue weighted by Gasteiger charge is 2.27. The van der Waals surface area contributed by atoms with Crippen LogP contribution in [0.15, 0.2) is 0 Å². The molecular weight excluding hydrogens is 256 g/mol. The van der Waals surface area contributed by atoms with Gasteiger partial charge in [0.2, 0.25) is 0 Å². The maximum Gasteiger partial charge on any atom is 0.268 e. The quantitative estimate of drug-likeness (QED) is 0.507. The summed E-state index contributed by atoms with van der Waals surface area (Å²) >= 11 is 0. The monoisotopic (exact) mass is 274 g/mol. The molecule has 0 aromatic carbocycles. The van der Waals surface area contributed by atoms with Crippen LogP contribution in [0.4, 0.5) is 0 Å². The largest absolute Gasteiger partial charge is 0.286 e. The van der Waals surface area contributed by atoms with Crippen LogP contribution in [0.5, 0.6) is 0 Å². The number of hydrogen-bond acceptors (Lipinski definition) is 4. The molecular formula is C8H18O6S2. The zero-order valence-corrected chi connectivity index (χ0v) is 10.8. The minimum absolute atomic E-state index is 0.0403. The van der Waals surface area contributed by atoms with Crippen LogP contribution in [-0.2, 0) is 20.2 Å². The molecule has 98 valence electrons. The van der Waals surface area contributed by atoms with Gasteiger partial charge in [0.25, 0.3) is 20.2 Å². The van der Waals surface area contributed by atoms with Gasteiger partial charge in [0.1, 0.15) is 5.25 Å². The average molecular weight is 274 g/mol. The Morgan fingerprint density at radius 2 is 1.56 bits per heavy atom. The van der Waals surface area contributed by atoms with Crippen LogP contribution < -0.4 is 0 Å². The van der Waals surface area contributed by atoms with Crippen molar-refractivity contribution in [3.63, 3.8) is 0 Å². The lowest BCUT2D eigenvalue weighted by atomic mass is 10.1. The zero-order valence-electron chi connectivity index (χ0n) is 9.16. The molecule has 0 aromatic rings. The van der Waals surface area contributed by atoms with Gasteiger partial charge in [-0.1, -0.05) is 32.6 Å². The summed E-state index contributed by atoms with van der Waals surface area (Å²) in [5, 5.41) is -1.43. The van der Waals surface area contributed by atoms with Crippen molar-refractivity contribution in [3.8, 4) is 0 Å². The highest BCUT2D eigenvalue weighted by atomic mass is 32.2. The molecule has 0 amide bonds. The Balaban J connectivity index is 4.36. The Hall–Kier alpha value is -0.180. The van der Waals surface area contributed by atoms with E-state index >= 15 is 0 Å². The maximum absolute atomic E-state index is 10.9. The third-order valence-electron chi connectivity index (χ3n) is 2.20. The predicted octanol–water partition coefficient (Wildman–Crippen LogP) is 1.10. The summed E-state index contributed by atoms with van der Waals surface area (Å²) in [6.07, 6.45) is 3.21. The lowest BCUT2D eigenvalue weighted by molar-refractivity contribution is 0.449. The first-order valence-corrected chi connectivity index (χ1v) is 8.19. The second-order valence-electron chi connectivity index (χ2n) is 3.73. The van der Waals surface area contributed by atoms with E-state index in [4.69, 9.17) is 9.11 Å². The summed E-state index contributed by atoms with van der Waals surface area (Å²) < 4.78 is 60.2. The Bertz CT molecular complexity index is 383. The molecule has 0 radical (unpaired) electrons. The molecule has 2 N–H and O–H groups in total. The van der Waals surface area contributed by atoms with Crippen molar-refractivity contribution < 1.29 is 25.9 Å². The molecule has 0 heterocycles. The highest BCUT2D eigenvalue weighted by Crippen LogP contribution is 2.13. The third kappa shape index (κ3) is 8.03. The van der Waals surface area contributed by atoms with Gasteiger partial charge in [-0.05, 0) is 6.42 Å². The molecule has 1 atom stereocenters. The summed E-state index contributed by atoms with van der Waals surface area (Å²) in [5.41, 5.74) is 0. The Morgan fingerprint density at radius 3 is 1.94 bits per heavy atom. The molecule has 0 fully saturated rings. The molecule has 16 heavy (non-hydrogen) atoms. The topological polar surface area (TPSA) is 109 Å². The summed E-state index contributed by atoms with van der Waals surface area (Å²) in [5.74, 6) is -0.946. The molecule has 0 aliphatic rings. The summed E-state index contributed by atoms with van der Waals surface area (Å²) in [6.45, 7) is 1.98. The predicted molar refractivity (Wildman–Crippen MR) is 60.5 cm³/mol. The van der Waals surface area contributed by atoms with Crippen LogP contribution >= 0.6 is 0 Å². The number of rotatable bonds is 8. The standard InChI is InChI=1S/C8H18O6S2/c1-2-3-4-5-6-8(16(12,13)14)7-15(9,10)11/h8H,2-7H2,1H3,(H,9,10,11)(H,12,13,14). The van der Waals surface area contributed by atoms with Crippen molar-refractivity contribution in [2.45, 2.75) is 44.3 Å². The van der Waals surface area contributed by atoms with Gasteiger partial charge in [-0.2, -0.15) is 16.8 Å². The molecule has 0 rings (SSSR count). The average Bonchev–Trinajstić information content (AvgIpc) is 2.06. The number of hydrogen-bond donors (Lipinski definition) is 2. The van der Waals surface area contributed by atoms with Gasteiger partial charge in [-0.25, -0.2) is 0 Å². The van der Waals surface area contributed by atoms with Crippen molar-refractivity contribution in [1.29, 1.82) is 0 Å². The molecule has 1 unspecified atom stereocenters. The first kappa shape index (κ1) is 15.8. The molecule has 0 aromatic heterocycles. The minimum Gasteiger partial charge on any atom is -0.286 e. The highest BCUT2D eigenvalue weighted by molar-refractivity contribution is 7.90. The van der Waals surface area contributed by atoms with E-state index < -0.39 is 31.2 Å². The Kier molecular flexibility index (Phi) is 6.46. The van der Waals surface area contributed by atoms with Crippen LogP contribution in [-0.4, -0.2) is 36.9 Å². The van der Waals surface area contributed by atoms with Crippen LogP contribution in [0, 0.1) is 0 Å². The fraction of sp³-hybridized carbons (Fsp3) is 1.00. The lowest BCUT2D eigenvalue weighted by Crippen LogP contribution is -2.29. The zero-order chi connectivity index (χ0) is 12.8. The van der Waals surface area contributed by atoms with Gasteiger partial charge in [0.15, 0.2) is 0 Å². The molecule has 0 bridgehead atoms. The van der Waals surface area contributed by atoms with Crippen LogP contribution in [0.25, 0.3) is 0 Å². The Labute approximate surface area is 96.6 Å². The molecule has 0 saturated carbocycles. The van der Waals surface area contributed by atoms with Gasteiger partial charge >= 0.3 is 0 Å². The number of unbranched alkanes of at least 4 members (excludes halogenated alkanes) is 3. The molecule has 6 nitrogen and oxygen atoms in total. The van der Waals surface area contributed by atoms with Gasteiger partial charge in [-0.3, -0.25) is 9.11 Å². The lowest BCUT2D eigenvalue weighted by Gasteiger charge is -2.11. The van der Waals surface area contributed by atoms with E-state index in [1.807, 2.05) is 6.92 Å². The van der Waals surface area contributed by atoms with Crippen molar-refractivity contribution >= 4 is 20.2 Å².